The lowest BCUT2D eigenvalue weighted by Gasteiger charge is -2.38. The molecule has 2 fully saturated rings. The number of rotatable bonds is 9. The predicted octanol–water partition coefficient (Wildman–Crippen LogP) is 4.56. The van der Waals surface area contributed by atoms with Gasteiger partial charge in [-0.3, -0.25) is 19.2 Å². The van der Waals surface area contributed by atoms with Crippen molar-refractivity contribution in [1.29, 1.82) is 0 Å². The highest BCUT2D eigenvalue weighted by Crippen LogP contribution is 2.32. The third-order valence-corrected chi connectivity index (χ3v) is 7.54. The van der Waals surface area contributed by atoms with Gasteiger partial charge in [-0.15, -0.1) is 13.2 Å². The van der Waals surface area contributed by atoms with Gasteiger partial charge in [-0.05, 0) is 43.7 Å². The maximum Gasteiger partial charge on any atom is 0.573 e. The Labute approximate surface area is 223 Å². The van der Waals surface area contributed by atoms with E-state index in [1.165, 1.54) is 12.3 Å². The zero-order valence-electron chi connectivity index (χ0n) is 21.4. The van der Waals surface area contributed by atoms with Gasteiger partial charge < -0.3 is 25.0 Å². The largest absolute Gasteiger partial charge is 0.573 e. The number of ether oxygens (including phenoxy) is 1. The van der Waals surface area contributed by atoms with E-state index in [-0.39, 0.29) is 28.4 Å². The summed E-state index contributed by atoms with van der Waals surface area (Å²) in [5.74, 6) is -4.84. The molecule has 12 heteroatoms. The number of carbonyl (C=O) groups is 4. The second-order valence-corrected chi connectivity index (χ2v) is 10.3. The molecule has 0 saturated heterocycles. The molecule has 2 amide bonds. The fourth-order valence-corrected chi connectivity index (χ4v) is 5.77. The van der Waals surface area contributed by atoms with E-state index >= 15 is 0 Å². The van der Waals surface area contributed by atoms with Crippen molar-refractivity contribution in [1.82, 2.24) is 15.2 Å². The van der Waals surface area contributed by atoms with Crippen LogP contribution in [-0.4, -0.2) is 63.5 Å². The van der Waals surface area contributed by atoms with Gasteiger partial charge in [0.05, 0.1) is 5.56 Å². The number of benzene rings is 1. The van der Waals surface area contributed by atoms with Gasteiger partial charge in [-0.25, -0.2) is 0 Å². The Hall–Kier alpha value is -3.57. The Morgan fingerprint density at radius 1 is 1.03 bits per heavy atom. The van der Waals surface area contributed by atoms with Crippen LogP contribution >= 0.6 is 0 Å². The Kier molecular flexibility index (Phi) is 8.81. The molecule has 0 aliphatic heterocycles. The first-order valence-electron chi connectivity index (χ1n) is 13.3. The summed E-state index contributed by atoms with van der Waals surface area (Å²) in [7, 11) is 0. The highest BCUT2D eigenvalue weighted by Gasteiger charge is 2.41. The normalized spacial score (nSPS) is 17.9. The molecule has 4 rings (SSSR count). The van der Waals surface area contributed by atoms with Crippen molar-refractivity contribution in [3.05, 3.63) is 30.0 Å². The minimum atomic E-state index is -4.90. The maximum absolute atomic E-state index is 13.6. The van der Waals surface area contributed by atoms with Crippen molar-refractivity contribution in [2.45, 2.75) is 82.7 Å². The van der Waals surface area contributed by atoms with Gasteiger partial charge in [0.15, 0.2) is 0 Å². The number of aliphatic carboxylic acids is 1. The third kappa shape index (κ3) is 7.10. The Morgan fingerprint density at radius 2 is 1.67 bits per heavy atom. The summed E-state index contributed by atoms with van der Waals surface area (Å²) in [5.41, 5.74) is -0.0180. The van der Waals surface area contributed by atoms with E-state index in [0.717, 1.165) is 68.4 Å². The summed E-state index contributed by atoms with van der Waals surface area (Å²) in [4.78, 5) is 56.0. The molecule has 1 aromatic heterocycles. The highest BCUT2D eigenvalue weighted by atomic mass is 19.4. The van der Waals surface area contributed by atoms with Gasteiger partial charge in [-0.2, -0.15) is 0 Å². The minimum Gasteiger partial charge on any atom is -0.480 e. The Morgan fingerprint density at radius 3 is 2.28 bits per heavy atom. The number of carboxylic acid groups (broad SMARTS) is 1. The van der Waals surface area contributed by atoms with E-state index in [1.54, 1.807) is 0 Å². The zero-order valence-corrected chi connectivity index (χ0v) is 21.4. The lowest BCUT2D eigenvalue weighted by molar-refractivity contribution is -0.274. The summed E-state index contributed by atoms with van der Waals surface area (Å²) < 4.78 is 41.7. The quantitative estimate of drug-likeness (QED) is 0.310. The van der Waals surface area contributed by atoms with E-state index in [2.05, 4.69) is 15.0 Å². The predicted molar refractivity (Wildman–Crippen MR) is 134 cm³/mol. The summed E-state index contributed by atoms with van der Waals surface area (Å²) in [6.07, 6.45) is 4.73. The van der Waals surface area contributed by atoms with E-state index in [9.17, 15) is 37.5 Å². The van der Waals surface area contributed by atoms with Gasteiger partial charge in [0.2, 0.25) is 5.91 Å². The number of fused-ring (bicyclic) bond motifs is 1. The molecule has 0 radical (unpaired) electrons. The maximum atomic E-state index is 13.6. The van der Waals surface area contributed by atoms with E-state index in [1.807, 2.05) is 0 Å². The summed E-state index contributed by atoms with van der Waals surface area (Å²) >= 11 is 0. The average molecular weight is 552 g/mol. The number of carboxylic acids is 1. The number of amides is 2. The second kappa shape index (κ2) is 12.1. The lowest BCUT2D eigenvalue weighted by Crippen LogP contribution is -2.58. The van der Waals surface area contributed by atoms with Crippen LogP contribution in [0.3, 0.4) is 0 Å². The molecular weight excluding hydrogens is 519 g/mol. The topological polar surface area (TPSA) is 129 Å². The third-order valence-electron chi connectivity index (χ3n) is 7.54. The summed E-state index contributed by atoms with van der Waals surface area (Å²) in [6.45, 7) is -0.838. The first-order chi connectivity index (χ1) is 18.5. The molecule has 2 saturated carbocycles. The molecule has 2 aliphatic rings. The van der Waals surface area contributed by atoms with Crippen molar-refractivity contribution in [2.24, 2.45) is 5.92 Å². The van der Waals surface area contributed by atoms with Crippen LogP contribution in [0.25, 0.3) is 10.9 Å². The number of alkyl halides is 3. The number of H-pyrrole nitrogens is 1. The van der Waals surface area contributed by atoms with Crippen LogP contribution in [-0.2, 0) is 14.4 Å². The Balaban J connectivity index is 1.63. The van der Waals surface area contributed by atoms with Crippen molar-refractivity contribution in [3.63, 3.8) is 0 Å². The summed E-state index contributed by atoms with van der Waals surface area (Å²) in [5, 5.41) is 12.8. The van der Waals surface area contributed by atoms with Gasteiger partial charge in [0, 0.05) is 29.2 Å². The van der Waals surface area contributed by atoms with Crippen molar-refractivity contribution in [2.75, 3.05) is 6.54 Å². The number of ketones is 1. The van der Waals surface area contributed by atoms with Crippen LogP contribution in [0.1, 0.15) is 74.6 Å². The lowest BCUT2D eigenvalue weighted by atomic mass is 9.82. The van der Waals surface area contributed by atoms with Crippen LogP contribution < -0.4 is 10.1 Å². The van der Waals surface area contributed by atoms with Gasteiger partial charge >= 0.3 is 12.3 Å². The number of nitrogens with one attached hydrogen (secondary N) is 2. The van der Waals surface area contributed by atoms with E-state index in [4.69, 9.17) is 0 Å². The zero-order chi connectivity index (χ0) is 28.2. The fourth-order valence-electron chi connectivity index (χ4n) is 5.77. The highest BCUT2D eigenvalue weighted by molar-refractivity contribution is 6.45. The van der Waals surface area contributed by atoms with Crippen LogP contribution in [0.5, 0.6) is 5.75 Å². The number of Topliss-reactive ketones (excluding diaryl/α,β-unsaturated/α-hetero) is 1. The average Bonchev–Trinajstić information content (AvgIpc) is 3.30. The molecule has 3 N–H and O–H groups in total. The van der Waals surface area contributed by atoms with E-state index < -0.39 is 48.3 Å². The monoisotopic (exact) mass is 551 g/mol. The Bertz CT molecular complexity index is 1220. The number of aromatic nitrogens is 1. The number of hydrogen-bond acceptors (Lipinski definition) is 5. The van der Waals surface area contributed by atoms with Crippen LogP contribution in [0, 0.1) is 5.92 Å². The van der Waals surface area contributed by atoms with Crippen molar-refractivity contribution >= 4 is 34.5 Å². The molecule has 1 aromatic carbocycles. The van der Waals surface area contributed by atoms with Gasteiger partial charge in [0.1, 0.15) is 18.3 Å². The molecule has 2 aliphatic carbocycles. The minimum absolute atomic E-state index is 0.0726. The number of halogens is 3. The molecule has 9 nitrogen and oxygen atoms in total. The summed E-state index contributed by atoms with van der Waals surface area (Å²) in [6, 6.07) is 2.07. The molecule has 0 bridgehead atoms. The van der Waals surface area contributed by atoms with Crippen LogP contribution in [0.15, 0.2) is 24.4 Å². The first-order valence-corrected chi connectivity index (χ1v) is 13.3. The molecule has 1 heterocycles. The number of aromatic amines is 1. The molecule has 212 valence electrons. The molecule has 1 unspecified atom stereocenters. The number of carbonyl (C=O) groups excluding carboxylic acids is 3. The molecule has 0 spiro atoms. The second-order valence-electron chi connectivity index (χ2n) is 10.3. The van der Waals surface area contributed by atoms with Crippen LogP contribution in [0.2, 0.25) is 0 Å². The molecule has 39 heavy (non-hydrogen) atoms. The molecule has 2 aromatic rings. The van der Waals surface area contributed by atoms with Crippen molar-refractivity contribution in [3.8, 4) is 5.75 Å². The smallest absolute Gasteiger partial charge is 0.480 e. The number of nitrogens with zero attached hydrogens (tertiary/aromatic N) is 1. The van der Waals surface area contributed by atoms with Crippen molar-refractivity contribution < 1.29 is 42.2 Å². The fraction of sp³-hybridized carbons (Fsp3) is 0.556. The standard InChI is InChI=1S/C27H32F3N3O6/c28-27(29,30)39-18-11-12-19-20(14-31-21(19)13-18)24(36)26(38)33(15-22(34)35)23(16-7-3-1-4-8-16)25(37)32-17-9-5-2-6-10-17/h11-14,16-17,23,31H,1-10,15H2,(H,32,37)(H,34,35). The SMILES string of the molecule is O=C(O)CN(C(=O)C(=O)c1c[nH]c2cc(OC(F)(F)F)ccc12)C(C(=O)NC1CCCCC1)C1CCCCC1. The van der Waals surface area contributed by atoms with E-state index in [0.29, 0.717) is 12.8 Å². The van der Waals surface area contributed by atoms with Gasteiger partial charge in [-0.1, -0.05) is 38.5 Å². The molecular formula is C27H32F3N3O6. The van der Waals surface area contributed by atoms with Gasteiger partial charge in [0.25, 0.3) is 11.7 Å². The molecule has 1 atom stereocenters. The number of hydrogen-bond donors (Lipinski definition) is 3. The van der Waals surface area contributed by atoms with Crippen LogP contribution in [0.4, 0.5) is 13.2 Å². The first kappa shape index (κ1) is 28.4.